The molecule has 0 aliphatic heterocycles. The second kappa shape index (κ2) is 52.0. The molecule has 0 saturated heterocycles. The van der Waals surface area contributed by atoms with Gasteiger partial charge >= 0.3 is 17.9 Å². The van der Waals surface area contributed by atoms with Gasteiger partial charge < -0.3 is 14.2 Å². The fourth-order valence-electron chi connectivity index (χ4n) is 7.06. The van der Waals surface area contributed by atoms with Crippen LogP contribution in [-0.2, 0) is 28.6 Å². The Morgan fingerprint density at radius 2 is 0.641 bits per heavy atom. The minimum Gasteiger partial charge on any atom is -0.462 e. The molecule has 0 aromatic rings. The van der Waals surface area contributed by atoms with Crippen LogP contribution >= 0.6 is 0 Å². The van der Waals surface area contributed by atoms with Crippen molar-refractivity contribution in [3.63, 3.8) is 0 Å². The second-order valence-electron chi connectivity index (χ2n) is 17.2. The predicted molar refractivity (Wildman–Crippen MR) is 274 cm³/mol. The van der Waals surface area contributed by atoms with E-state index < -0.39 is 6.10 Å². The molecule has 0 fully saturated rings. The van der Waals surface area contributed by atoms with Gasteiger partial charge in [-0.3, -0.25) is 14.4 Å². The van der Waals surface area contributed by atoms with Gasteiger partial charge in [-0.15, -0.1) is 0 Å². The Hall–Kier alpha value is -3.67. The zero-order chi connectivity index (χ0) is 46.5. The van der Waals surface area contributed by atoms with Crippen molar-refractivity contribution in [1.29, 1.82) is 0 Å². The predicted octanol–water partition coefficient (Wildman–Crippen LogP) is 17.4. The maximum Gasteiger partial charge on any atom is 0.306 e. The number of esters is 3. The van der Waals surface area contributed by atoms with Gasteiger partial charge in [-0.1, -0.05) is 253 Å². The first-order valence-corrected chi connectivity index (χ1v) is 26.3. The summed E-state index contributed by atoms with van der Waals surface area (Å²) in [5, 5.41) is 0. The van der Waals surface area contributed by atoms with E-state index in [2.05, 4.69) is 93.7 Å². The molecule has 6 heteroatoms. The molecule has 0 aliphatic carbocycles. The van der Waals surface area contributed by atoms with Crippen LogP contribution in [-0.4, -0.2) is 37.2 Å². The van der Waals surface area contributed by atoms with E-state index in [0.29, 0.717) is 19.3 Å². The average molecular weight is 889 g/mol. The molecule has 0 spiro atoms. The van der Waals surface area contributed by atoms with Gasteiger partial charge in [0.25, 0.3) is 0 Å². The zero-order valence-electron chi connectivity index (χ0n) is 41.5. The molecule has 0 saturated carbocycles. The highest BCUT2D eigenvalue weighted by atomic mass is 16.6. The number of carbonyl (C=O) groups excluding carboxylic acids is 3. The lowest BCUT2D eigenvalue weighted by molar-refractivity contribution is -0.167. The molecule has 364 valence electrons. The van der Waals surface area contributed by atoms with E-state index in [1.807, 2.05) is 24.3 Å². The molecular weight excluding hydrogens is 793 g/mol. The summed E-state index contributed by atoms with van der Waals surface area (Å²) in [6.45, 7) is 6.39. The Balaban J connectivity index is 4.46. The lowest BCUT2D eigenvalue weighted by Gasteiger charge is -2.18. The Bertz CT molecular complexity index is 1300. The number of carbonyl (C=O) groups is 3. The number of allylic oxidation sites excluding steroid dienone is 16. The average Bonchev–Trinajstić information content (AvgIpc) is 3.29. The summed E-state index contributed by atoms with van der Waals surface area (Å²) >= 11 is 0. The third-order valence-corrected chi connectivity index (χ3v) is 11.0. The first-order chi connectivity index (χ1) is 31.5. The minimum atomic E-state index is -0.794. The van der Waals surface area contributed by atoms with Crippen molar-refractivity contribution < 1.29 is 28.6 Å². The van der Waals surface area contributed by atoms with Crippen LogP contribution < -0.4 is 0 Å². The third kappa shape index (κ3) is 49.3. The quantitative estimate of drug-likeness (QED) is 0.0262. The number of hydrogen-bond donors (Lipinski definition) is 0. The largest absolute Gasteiger partial charge is 0.462 e. The fourth-order valence-corrected chi connectivity index (χ4v) is 7.06. The standard InChI is InChI=1S/C58H96O6/c1-4-7-10-13-16-19-22-25-27-28-29-31-33-36-39-42-45-48-51-57(60)63-54-55(53-62-56(59)50-47-44-41-38-35-32-24-21-18-15-12-9-6-3)64-58(61)52-49-46-43-40-37-34-30-26-23-20-17-14-11-8-5-2/h8,10-11,13-14,16-17,19-20,22-23,25,27-29,31,55H,4-7,9,12,15,18,21,24,26,30,32-54H2,1-3H3/b11-8-,13-10-,17-14-,19-16-,23-20-,25-22-,28-27-,31-29-. The van der Waals surface area contributed by atoms with Gasteiger partial charge in [0, 0.05) is 19.3 Å². The smallest absolute Gasteiger partial charge is 0.306 e. The van der Waals surface area contributed by atoms with E-state index >= 15 is 0 Å². The number of unbranched alkanes of at least 4 members (excludes halogenated alkanes) is 25. The van der Waals surface area contributed by atoms with Crippen LogP contribution in [0.25, 0.3) is 0 Å². The van der Waals surface area contributed by atoms with Crippen molar-refractivity contribution in [2.45, 2.75) is 239 Å². The molecule has 0 heterocycles. The van der Waals surface area contributed by atoms with Crippen molar-refractivity contribution >= 4 is 17.9 Å². The van der Waals surface area contributed by atoms with E-state index in [1.165, 1.54) is 89.9 Å². The van der Waals surface area contributed by atoms with Crippen molar-refractivity contribution in [1.82, 2.24) is 0 Å². The summed E-state index contributed by atoms with van der Waals surface area (Å²) in [7, 11) is 0. The Labute approximate surface area is 394 Å². The van der Waals surface area contributed by atoms with E-state index in [1.54, 1.807) is 0 Å². The Kier molecular flexibility index (Phi) is 49.0. The first kappa shape index (κ1) is 60.3. The Morgan fingerprint density at radius 1 is 0.328 bits per heavy atom. The van der Waals surface area contributed by atoms with Gasteiger partial charge in [0.2, 0.25) is 0 Å². The van der Waals surface area contributed by atoms with Gasteiger partial charge in [0.05, 0.1) is 0 Å². The first-order valence-electron chi connectivity index (χ1n) is 26.3. The van der Waals surface area contributed by atoms with Crippen LogP contribution in [0.5, 0.6) is 0 Å². The highest BCUT2D eigenvalue weighted by Gasteiger charge is 2.19. The van der Waals surface area contributed by atoms with Crippen molar-refractivity contribution in [2.24, 2.45) is 0 Å². The lowest BCUT2D eigenvalue weighted by Crippen LogP contribution is -2.30. The molecule has 0 radical (unpaired) electrons. The molecule has 1 atom stereocenters. The third-order valence-electron chi connectivity index (χ3n) is 11.0. The second-order valence-corrected chi connectivity index (χ2v) is 17.2. The van der Waals surface area contributed by atoms with Crippen LogP contribution in [0.4, 0.5) is 0 Å². The molecule has 0 bridgehead atoms. The SMILES string of the molecule is CC\C=C/C=C\C=C/CCCCCCCCCC(=O)OC(COC(=O)CCCCCCC\C=C/C=C\C=C/C=C\C=C/CCC)COC(=O)CCCCCCCCCCCCCCC. The van der Waals surface area contributed by atoms with Gasteiger partial charge in [-0.2, -0.15) is 0 Å². The zero-order valence-corrected chi connectivity index (χ0v) is 41.5. The van der Waals surface area contributed by atoms with Gasteiger partial charge in [-0.25, -0.2) is 0 Å². The highest BCUT2D eigenvalue weighted by Crippen LogP contribution is 2.15. The summed E-state index contributed by atoms with van der Waals surface area (Å²) in [4.78, 5) is 38.0. The van der Waals surface area contributed by atoms with Gasteiger partial charge in [-0.05, 0) is 57.8 Å². The van der Waals surface area contributed by atoms with Crippen molar-refractivity contribution in [3.05, 3.63) is 97.2 Å². The molecule has 0 aromatic heterocycles. The molecule has 0 N–H and O–H groups in total. The summed E-state index contributed by atoms with van der Waals surface area (Å²) in [5.41, 5.74) is 0. The highest BCUT2D eigenvalue weighted by molar-refractivity contribution is 5.71. The number of hydrogen-bond acceptors (Lipinski definition) is 6. The maximum atomic E-state index is 12.8. The van der Waals surface area contributed by atoms with Crippen LogP contribution in [0.1, 0.15) is 233 Å². The molecule has 64 heavy (non-hydrogen) atoms. The molecule has 0 rings (SSSR count). The van der Waals surface area contributed by atoms with Crippen molar-refractivity contribution in [3.8, 4) is 0 Å². The fraction of sp³-hybridized carbons (Fsp3) is 0.672. The van der Waals surface area contributed by atoms with Gasteiger partial charge in [0.15, 0.2) is 6.10 Å². The van der Waals surface area contributed by atoms with Crippen LogP contribution in [0.3, 0.4) is 0 Å². The molecule has 0 aliphatic rings. The van der Waals surface area contributed by atoms with Gasteiger partial charge in [0.1, 0.15) is 13.2 Å². The molecular formula is C58H96O6. The lowest BCUT2D eigenvalue weighted by atomic mass is 10.0. The number of ether oxygens (including phenoxy) is 3. The summed E-state index contributed by atoms with van der Waals surface area (Å²) in [5.74, 6) is -0.929. The summed E-state index contributed by atoms with van der Waals surface area (Å²) in [6, 6.07) is 0. The van der Waals surface area contributed by atoms with E-state index in [4.69, 9.17) is 14.2 Å². The van der Waals surface area contributed by atoms with Crippen molar-refractivity contribution in [2.75, 3.05) is 13.2 Å². The molecule has 0 aromatic carbocycles. The minimum absolute atomic E-state index is 0.0903. The van der Waals surface area contributed by atoms with Crippen LogP contribution in [0.15, 0.2) is 97.2 Å². The molecule has 6 nitrogen and oxygen atoms in total. The summed E-state index contributed by atoms with van der Waals surface area (Å²) < 4.78 is 16.8. The van der Waals surface area contributed by atoms with E-state index in [9.17, 15) is 14.4 Å². The van der Waals surface area contributed by atoms with Crippen LogP contribution in [0.2, 0.25) is 0 Å². The molecule has 1 unspecified atom stereocenters. The van der Waals surface area contributed by atoms with Crippen LogP contribution in [0, 0.1) is 0 Å². The summed E-state index contributed by atoms with van der Waals surface area (Å²) in [6.07, 6.45) is 68.1. The topological polar surface area (TPSA) is 78.9 Å². The van der Waals surface area contributed by atoms with E-state index in [-0.39, 0.29) is 31.1 Å². The normalized spacial score (nSPS) is 12.9. The number of rotatable bonds is 46. The molecule has 0 amide bonds. The van der Waals surface area contributed by atoms with E-state index in [0.717, 1.165) is 103 Å². The monoisotopic (exact) mass is 889 g/mol. The maximum absolute atomic E-state index is 12.8. The Morgan fingerprint density at radius 3 is 1.02 bits per heavy atom.